The molecule has 0 atom stereocenters. The number of rotatable bonds is 8. The smallest absolute Gasteiger partial charge is 0.228 e. The van der Waals surface area contributed by atoms with Crippen molar-refractivity contribution in [2.75, 3.05) is 19.6 Å². The number of aromatic nitrogens is 2. The lowest BCUT2D eigenvalue weighted by Crippen LogP contribution is -2.49. The molecule has 21 heavy (non-hydrogen) atoms. The minimum Gasteiger partial charge on any atom is -0.349 e. The first-order valence-corrected chi connectivity index (χ1v) is 8.12. The summed E-state index contributed by atoms with van der Waals surface area (Å²) in [5.41, 5.74) is -0.132. The molecular formula is C16H26N4O. The van der Waals surface area contributed by atoms with E-state index < -0.39 is 0 Å². The Balaban J connectivity index is 1.59. The van der Waals surface area contributed by atoms with Gasteiger partial charge >= 0.3 is 0 Å². The van der Waals surface area contributed by atoms with Crippen LogP contribution in [0.15, 0.2) is 18.7 Å². The second kappa shape index (κ2) is 5.44. The van der Waals surface area contributed by atoms with Crippen LogP contribution in [-0.4, -0.2) is 45.5 Å². The summed E-state index contributed by atoms with van der Waals surface area (Å²) in [6, 6.07) is 0. The predicted molar refractivity (Wildman–Crippen MR) is 81.8 cm³/mol. The van der Waals surface area contributed by atoms with Gasteiger partial charge < -0.3 is 14.8 Å². The summed E-state index contributed by atoms with van der Waals surface area (Å²) in [5.74, 6) is 0.251. The molecule has 0 aliphatic heterocycles. The third-order valence-corrected chi connectivity index (χ3v) is 5.03. The fourth-order valence-corrected chi connectivity index (χ4v) is 3.06. The van der Waals surface area contributed by atoms with Gasteiger partial charge in [0.05, 0.1) is 17.3 Å². The van der Waals surface area contributed by atoms with E-state index in [1.807, 2.05) is 10.8 Å². The van der Waals surface area contributed by atoms with E-state index in [4.69, 9.17) is 0 Å². The van der Waals surface area contributed by atoms with Crippen molar-refractivity contribution in [2.45, 2.75) is 51.6 Å². The lowest BCUT2D eigenvalue weighted by molar-refractivity contribution is -0.128. The Labute approximate surface area is 126 Å². The topological polar surface area (TPSA) is 50.2 Å². The first-order valence-electron chi connectivity index (χ1n) is 8.12. The maximum Gasteiger partial charge on any atom is 0.228 e. The first-order chi connectivity index (χ1) is 10.1. The zero-order valence-electron chi connectivity index (χ0n) is 13.1. The second-order valence-electron chi connectivity index (χ2n) is 6.71. The first kappa shape index (κ1) is 14.6. The molecular weight excluding hydrogens is 264 g/mol. The third-order valence-electron chi connectivity index (χ3n) is 5.03. The Morgan fingerprint density at radius 1 is 1.29 bits per heavy atom. The minimum absolute atomic E-state index is 0.0492. The Morgan fingerprint density at radius 3 is 2.48 bits per heavy atom. The molecule has 2 aliphatic carbocycles. The minimum atomic E-state index is -0.181. The highest BCUT2D eigenvalue weighted by molar-refractivity contribution is 5.86. The van der Waals surface area contributed by atoms with E-state index in [-0.39, 0.29) is 16.9 Å². The van der Waals surface area contributed by atoms with Gasteiger partial charge in [-0.1, -0.05) is 13.8 Å². The van der Waals surface area contributed by atoms with Gasteiger partial charge in [0.2, 0.25) is 5.91 Å². The Hall–Kier alpha value is -1.36. The van der Waals surface area contributed by atoms with Crippen molar-refractivity contribution in [1.29, 1.82) is 0 Å². The van der Waals surface area contributed by atoms with E-state index in [1.54, 1.807) is 12.5 Å². The highest BCUT2D eigenvalue weighted by atomic mass is 16.2. The second-order valence-corrected chi connectivity index (χ2v) is 6.71. The van der Waals surface area contributed by atoms with Gasteiger partial charge in [0.25, 0.3) is 0 Å². The molecule has 5 heteroatoms. The fourth-order valence-electron chi connectivity index (χ4n) is 3.06. The highest BCUT2D eigenvalue weighted by Gasteiger charge is 2.54. The van der Waals surface area contributed by atoms with Crippen LogP contribution in [0, 0.1) is 5.41 Å². The largest absolute Gasteiger partial charge is 0.349 e. The number of hydrogen-bond acceptors (Lipinski definition) is 3. The number of nitrogens with zero attached hydrogens (tertiary/aromatic N) is 3. The Kier molecular flexibility index (Phi) is 3.78. The van der Waals surface area contributed by atoms with E-state index in [0.717, 1.165) is 51.9 Å². The van der Waals surface area contributed by atoms with Crippen LogP contribution in [0.1, 0.15) is 39.5 Å². The summed E-state index contributed by atoms with van der Waals surface area (Å²) < 4.78 is 2.02. The van der Waals surface area contributed by atoms with Crippen LogP contribution in [0.3, 0.4) is 0 Å². The van der Waals surface area contributed by atoms with Crippen LogP contribution in [-0.2, 0) is 11.3 Å². The summed E-state index contributed by atoms with van der Waals surface area (Å²) in [7, 11) is 0. The highest BCUT2D eigenvalue weighted by Crippen LogP contribution is 2.49. The average molecular weight is 290 g/mol. The van der Waals surface area contributed by atoms with Gasteiger partial charge in [-0.15, -0.1) is 0 Å². The van der Waals surface area contributed by atoms with Crippen molar-refractivity contribution in [3.8, 4) is 0 Å². The number of carbonyl (C=O) groups is 1. The monoisotopic (exact) mass is 290 g/mol. The van der Waals surface area contributed by atoms with E-state index in [1.165, 1.54) is 0 Å². The molecule has 1 amide bonds. The van der Waals surface area contributed by atoms with Crippen molar-refractivity contribution in [1.82, 2.24) is 19.8 Å². The SMILES string of the molecule is CCN(CC)CC1(NC(=O)C2(Cn3ccnc3)CC2)CC1. The van der Waals surface area contributed by atoms with Gasteiger partial charge in [-0.25, -0.2) is 4.98 Å². The summed E-state index contributed by atoms with van der Waals surface area (Å²) in [6.45, 7) is 8.22. The Bertz CT molecular complexity index is 484. The molecule has 0 radical (unpaired) electrons. The maximum absolute atomic E-state index is 12.7. The molecule has 0 aromatic carbocycles. The standard InChI is InChI=1S/C16H26N4O/c1-3-19(4-2)12-16(7-8-16)18-14(21)15(5-6-15)11-20-10-9-17-13-20/h9-10,13H,3-8,11-12H2,1-2H3,(H,18,21). The molecule has 3 rings (SSSR count). The number of hydrogen-bond donors (Lipinski definition) is 1. The molecule has 1 N–H and O–H groups in total. The van der Waals surface area contributed by atoms with Crippen LogP contribution in [0.5, 0.6) is 0 Å². The molecule has 2 fully saturated rings. The molecule has 1 aromatic heterocycles. The molecule has 1 aromatic rings. The quantitative estimate of drug-likeness (QED) is 0.792. The zero-order chi connectivity index (χ0) is 14.9. The van der Waals surface area contributed by atoms with Crippen molar-refractivity contribution in [3.05, 3.63) is 18.7 Å². The number of nitrogens with one attached hydrogen (secondary N) is 1. The maximum atomic E-state index is 12.7. The molecule has 2 aliphatic rings. The fraction of sp³-hybridized carbons (Fsp3) is 0.750. The average Bonchev–Trinajstić information content (AvgIpc) is 3.37. The lowest BCUT2D eigenvalue weighted by Gasteiger charge is -2.28. The van der Waals surface area contributed by atoms with Crippen LogP contribution >= 0.6 is 0 Å². The molecule has 0 spiro atoms. The number of likely N-dealkylation sites (N-methyl/N-ethyl adjacent to an activating group) is 1. The summed E-state index contributed by atoms with van der Waals surface area (Å²) in [5, 5.41) is 3.37. The van der Waals surface area contributed by atoms with Crippen molar-refractivity contribution in [3.63, 3.8) is 0 Å². The molecule has 0 bridgehead atoms. The van der Waals surface area contributed by atoms with E-state index in [0.29, 0.717) is 0 Å². The van der Waals surface area contributed by atoms with Crippen LogP contribution in [0.2, 0.25) is 0 Å². The van der Waals surface area contributed by atoms with Crippen LogP contribution in [0.4, 0.5) is 0 Å². The molecule has 116 valence electrons. The number of amides is 1. The van der Waals surface area contributed by atoms with Crippen molar-refractivity contribution < 1.29 is 4.79 Å². The van der Waals surface area contributed by atoms with Gasteiger partial charge in [0, 0.05) is 25.5 Å². The summed E-state index contributed by atoms with van der Waals surface area (Å²) in [4.78, 5) is 19.2. The Morgan fingerprint density at radius 2 is 2.00 bits per heavy atom. The van der Waals surface area contributed by atoms with E-state index in [2.05, 4.69) is 29.0 Å². The summed E-state index contributed by atoms with van der Waals surface area (Å²) >= 11 is 0. The van der Waals surface area contributed by atoms with E-state index >= 15 is 0 Å². The number of imidazole rings is 1. The normalized spacial score (nSPS) is 21.3. The van der Waals surface area contributed by atoms with Gasteiger partial charge in [0.15, 0.2) is 0 Å². The van der Waals surface area contributed by atoms with Crippen LogP contribution in [0.25, 0.3) is 0 Å². The van der Waals surface area contributed by atoms with E-state index in [9.17, 15) is 4.79 Å². The molecule has 0 saturated heterocycles. The third kappa shape index (κ3) is 3.12. The van der Waals surface area contributed by atoms with Crippen molar-refractivity contribution in [2.24, 2.45) is 5.41 Å². The van der Waals surface area contributed by atoms with Crippen LogP contribution < -0.4 is 5.32 Å². The van der Waals surface area contributed by atoms with Gasteiger partial charge in [-0.2, -0.15) is 0 Å². The molecule has 5 nitrogen and oxygen atoms in total. The molecule has 2 saturated carbocycles. The molecule has 1 heterocycles. The van der Waals surface area contributed by atoms with Gasteiger partial charge in [-0.05, 0) is 38.8 Å². The molecule has 0 unspecified atom stereocenters. The summed E-state index contributed by atoms with van der Waals surface area (Å²) in [6.07, 6.45) is 9.76. The van der Waals surface area contributed by atoms with Crippen molar-refractivity contribution >= 4 is 5.91 Å². The predicted octanol–water partition coefficient (Wildman–Crippen LogP) is 1.65. The van der Waals surface area contributed by atoms with Gasteiger partial charge in [0.1, 0.15) is 0 Å². The zero-order valence-corrected chi connectivity index (χ0v) is 13.1. The van der Waals surface area contributed by atoms with Gasteiger partial charge in [-0.3, -0.25) is 4.79 Å². The lowest BCUT2D eigenvalue weighted by atomic mass is 10.0. The number of carbonyl (C=O) groups excluding carboxylic acids is 1.